The summed E-state index contributed by atoms with van der Waals surface area (Å²) in [6.07, 6.45) is 4.10. The van der Waals surface area contributed by atoms with E-state index in [-0.39, 0.29) is 5.91 Å². The summed E-state index contributed by atoms with van der Waals surface area (Å²) in [5.41, 5.74) is 2.38. The van der Waals surface area contributed by atoms with Crippen molar-refractivity contribution in [2.24, 2.45) is 0 Å². The topological polar surface area (TPSA) is 93.1 Å². The first-order valence-corrected chi connectivity index (χ1v) is 9.48. The summed E-state index contributed by atoms with van der Waals surface area (Å²) >= 11 is 0. The van der Waals surface area contributed by atoms with Crippen molar-refractivity contribution in [1.82, 2.24) is 24.6 Å². The molecule has 1 aliphatic rings. The number of hydrogen-bond donors (Lipinski definition) is 1. The van der Waals surface area contributed by atoms with Crippen LogP contribution in [0.5, 0.6) is 0 Å². The van der Waals surface area contributed by atoms with Gasteiger partial charge in [-0.05, 0) is 38.7 Å². The Labute approximate surface area is 158 Å². The highest BCUT2D eigenvalue weighted by molar-refractivity contribution is 6.00. The molecule has 0 unspecified atom stereocenters. The molecule has 8 nitrogen and oxygen atoms in total. The van der Waals surface area contributed by atoms with Gasteiger partial charge in [-0.2, -0.15) is 0 Å². The van der Waals surface area contributed by atoms with Gasteiger partial charge in [0.15, 0.2) is 0 Å². The molecule has 0 radical (unpaired) electrons. The van der Waals surface area contributed by atoms with Crippen LogP contribution in [0.15, 0.2) is 6.33 Å². The molecule has 27 heavy (non-hydrogen) atoms. The van der Waals surface area contributed by atoms with Crippen molar-refractivity contribution in [2.45, 2.75) is 52.5 Å². The molecule has 1 saturated heterocycles. The Bertz CT molecular complexity index is 831. The number of carbonyl (C=O) groups is 2. The van der Waals surface area contributed by atoms with Gasteiger partial charge in [0.25, 0.3) is 5.91 Å². The minimum absolute atomic E-state index is 0.0623. The van der Waals surface area contributed by atoms with E-state index in [0.717, 1.165) is 30.9 Å². The number of esters is 1. The maximum Gasteiger partial charge on any atom is 0.339 e. The van der Waals surface area contributed by atoms with Crippen LogP contribution in [0, 0.1) is 6.92 Å². The molecule has 2 aromatic heterocycles. The van der Waals surface area contributed by atoms with Gasteiger partial charge < -0.3 is 19.2 Å². The van der Waals surface area contributed by atoms with Crippen LogP contribution >= 0.6 is 0 Å². The molecule has 3 rings (SSSR count). The maximum atomic E-state index is 13.0. The minimum atomic E-state index is -0.405. The monoisotopic (exact) mass is 373 g/mol. The van der Waals surface area contributed by atoms with Crippen molar-refractivity contribution < 1.29 is 14.3 Å². The number of nitrogens with zero attached hydrogens (tertiary/aromatic N) is 4. The second kappa shape index (κ2) is 7.94. The Hall–Kier alpha value is -2.64. The number of aryl methyl sites for hydroxylation is 2. The number of H-pyrrole nitrogens is 1. The maximum absolute atomic E-state index is 13.0. The van der Waals surface area contributed by atoms with Gasteiger partial charge in [0.05, 0.1) is 12.7 Å². The third-order valence-electron chi connectivity index (χ3n) is 5.42. The van der Waals surface area contributed by atoms with Gasteiger partial charge >= 0.3 is 5.97 Å². The van der Waals surface area contributed by atoms with Gasteiger partial charge in [0.2, 0.25) is 0 Å². The number of rotatable bonds is 5. The first kappa shape index (κ1) is 19.1. The molecule has 0 atom stereocenters. The molecular formula is C19H27N5O3. The third-order valence-corrected chi connectivity index (χ3v) is 5.42. The van der Waals surface area contributed by atoms with Crippen LogP contribution in [0.25, 0.3) is 0 Å². The molecule has 3 heterocycles. The van der Waals surface area contributed by atoms with Crippen LogP contribution < -0.4 is 0 Å². The molecule has 0 spiro atoms. The number of ether oxygens (including phenoxy) is 1. The predicted molar refractivity (Wildman–Crippen MR) is 99.8 cm³/mol. The third kappa shape index (κ3) is 3.48. The second-order valence-corrected chi connectivity index (χ2v) is 6.87. The Morgan fingerprint density at radius 2 is 2.00 bits per heavy atom. The van der Waals surface area contributed by atoms with E-state index >= 15 is 0 Å². The average molecular weight is 373 g/mol. The molecule has 146 valence electrons. The first-order chi connectivity index (χ1) is 13.0. The summed E-state index contributed by atoms with van der Waals surface area (Å²) in [6, 6.07) is 0. The number of aromatic nitrogens is 4. The zero-order valence-electron chi connectivity index (χ0n) is 16.4. The summed E-state index contributed by atoms with van der Waals surface area (Å²) in [6.45, 7) is 7.98. The zero-order valence-corrected chi connectivity index (χ0v) is 16.4. The molecule has 0 aromatic carbocycles. The van der Waals surface area contributed by atoms with Gasteiger partial charge in [-0.1, -0.05) is 6.92 Å². The highest BCUT2D eigenvalue weighted by Crippen LogP contribution is 2.28. The quantitative estimate of drug-likeness (QED) is 0.812. The summed E-state index contributed by atoms with van der Waals surface area (Å²) in [5.74, 6) is 0.852. The molecule has 1 fully saturated rings. The lowest BCUT2D eigenvalue weighted by Crippen LogP contribution is -2.38. The molecule has 0 aliphatic carbocycles. The van der Waals surface area contributed by atoms with Crippen LogP contribution in [0.3, 0.4) is 0 Å². The van der Waals surface area contributed by atoms with E-state index in [4.69, 9.17) is 4.74 Å². The summed E-state index contributed by atoms with van der Waals surface area (Å²) < 4.78 is 6.94. The van der Waals surface area contributed by atoms with Gasteiger partial charge in [-0.3, -0.25) is 4.79 Å². The standard InChI is InChI=1S/C19H27N5O3/c1-5-14-15(19(26)27-4)12(3)16(21-14)18(25)24-9-7-13(8-10-24)17-22-20-11-23(17)6-2/h11,13,21H,5-10H2,1-4H3. The molecule has 8 heteroatoms. The SMILES string of the molecule is CCc1[nH]c(C(=O)N2CCC(c3nncn3CC)CC2)c(C)c1C(=O)OC. The van der Waals surface area contributed by atoms with Crippen molar-refractivity contribution >= 4 is 11.9 Å². The fourth-order valence-electron chi connectivity index (χ4n) is 3.84. The molecular weight excluding hydrogens is 346 g/mol. The van der Waals surface area contributed by atoms with Gasteiger partial charge in [-0.25, -0.2) is 4.79 Å². The van der Waals surface area contributed by atoms with Crippen molar-refractivity contribution in [3.8, 4) is 0 Å². The Balaban J connectivity index is 1.75. The lowest BCUT2D eigenvalue weighted by molar-refractivity contribution is 0.0599. The van der Waals surface area contributed by atoms with E-state index in [0.29, 0.717) is 42.2 Å². The lowest BCUT2D eigenvalue weighted by Gasteiger charge is -2.31. The second-order valence-electron chi connectivity index (χ2n) is 6.87. The number of nitrogens with one attached hydrogen (secondary N) is 1. The molecule has 2 aromatic rings. The first-order valence-electron chi connectivity index (χ1n) is 9.48. The van der Waals surface area contributed by atoms with E-state index in [1.807, 2.05) is 11.8 Å². The summed E-state index contributed by atoms with van der Waals surface area (Å²) in [7, 11) is 1.36. The van der Waals surface area contributed by atoms with Crippen molar-refractivity contribution in [2.75, 3.05) is 20.2 Å². The number of piperidine rings is 1. The van der Waals surface area contributed by atoms with Crippen LogP contribution in [0.1, 0.15) is 70.5 Å². The van der Waals surface area contributed by atoms with E-state index < -0.39 is 5.97 Å². The van der Waals surface area contributed by atoms with Gasteiger partial charge in [-0.15, -0.1) is 10.2 Å². The fourth-order valence-corrected chi connectivity index (χ4v) is 3.84. The average Bonchev–Trinajstić information content (AvgIpc) is 3.31. The summed E-state index contributed by atoms with van der Waals surface area (Å²) in [5, 5.41) is 8.27. The number of methoxy groups -OCH3 is 1. The highest BCUT2D eigenvalue weighted by Gasteiger charge is 2.30. The van der Waals surface area contributed by atoms with Crippen LogP contribution in [-0.2, 0) is 17.7 Å². The van der Waals surface area contributed by atoms with Crippen LogP contribution in [-0.4, -0.2) is 56.7 Å². The van der Waals surface area contributed by atoms with E-state index in [2.05, 4.69) is 26.7 Å². The zero-order chi connectivity index (χ0) is 19.6. The number of hydrogen-bond acceptors (Lipinski definition) is 5. The number of likely N-dealkylation sites (tertiary alicyclic amines) is 1. The van der Waals surface area contributed by atoms with Crippen molar-refractivity contribution in [3.63, 3.8) is 0 Å². The molecule has 1 amide bonds. The van der Waals surface area contributed by atoms with Crippen LogP contribution in [0.2, 0.25) is 0 Å². The van der Waals surface area contributed by atoms with Crippen molar-refractivity contribution in [3.05, 3.63) is 34.7 Å². The predicted octanol–water partition coefficient (Wildman–Crippen LogP) is 2.30. The number of carbonyl (C=O) groups excluding carboxylic acids is 2. The van der Waals surface area contributed by atoms with E-state index in [1.165, 1.54) is 7.11 Å². The summed E-state index contributed by atoms with van der Waals surface area (Å²) in [4.78, 5) is 30.1. The normalized spacial score (nSPS) is 15.2. The molecule has 1 aliphatic heterocycles. The highest BCUT2D eigenvalue weighted by atomic mass is 16.5. The van der Waals surface area contributed by atoms with Gasteiger partial charge in [0, 0.05) is 31.2 Å². The molecule has 0 saturated carbocycles. The Morgan fingerprint density at radius 3 is 2.59 bits per heavy atom. The van der Waals surface area contributed by atoms with Crippen molar-refractivity contribution in [1.29, 1.82) is 0 Å². The minimum Gasteiger partial charge on any atom is -0.465 e. The van der Waals surface area contributed by atoms with E-state index in [1.54, 1.807) is 13.3 Å². The smallest absolute Gasteiger partial charge is 0.339 e. The largest absolute Gasteiger partial charge is 0.465 e. The molecule has 0 bridgehead atoms. The number of aromatic amines is 1. The lowest BCUT2D eigenvalue weighted by atomic mass is 9.95. The van der Waals surface area contributed by atoms with Gasteiger partial charge in [0.1, 0.15) is 17.8 Å². The van der Waals surface area contributed by atoms with Crippen LogP contribution in [0.4, 0.5) is 0 Å². The Kier molecular flexibility index (Phi) is 5.62. The number of amides is 1. The van der Waals surface area contributed by atoms with E-state index in [9.17, 15) is 9.59 Å². The molecule has 1 N–H and O–H groups in total. The fraction of sp³-hybridized carbons (Fsp3) is 0.579. The Morgan fingerprint density at radius 1 is 1.30 bits per heavy atom.